The van der Waals surface area contributed by atoms with Gasteiger partial charge >= 0.3 is 6.18 Å². The lowest BCUT2D eigenvalue weighted by molar-refractivity contribution is -0.137. The summed E-state index contributed by atoms with van der Waals surface area (Å²) in [4.78, 5) is 6.50. The summed E-state index contributed by atoms with van der Waals surface area (Å²) >= 11 is 0. The van der Waals surface area contributed by atoms with Crippen LogP contribution >= 0.6 is 0 Å². The van der Waals surface area contributed by atoms with Crippen molar-refractivity contribution in [2.24, 2.45) is 12.0 Å². The molecule has 2 rings (SSSR count). The van der Waals surface area contributed by atoms with E-state index in [9.17, 15) is 13.2 Å². The van der Waals surface area contributed by atoms with E-state index in [0.717, 1.165) is 47.7 Å². The third-order valence-electron chi connectivity index (χ3n) is 5.65. The SMILES string of the molecule is CCN(CC)C(CNC(=NC)NCc1c(C)nn(C)c1C)c1ccc(C(F)(F)F)cc1. The third-order valence-corrected chi connectivity index (χ3v) is 5.65. The summed E-state index contributed by atoms with van der Waals surface area (Å²) in [5.41, 5.74) is 3.37. The molecule has 1 aromatic carbocycles. The van der Waals surface area contributed by atoms with E-state index < -0.39 is 11.7 Å². The van der Waals surface area contributed by atoms with Gasteiger partial charge < -0.3 is 10.6 Å². The molecule has 1 heterocycles. The smallest absolute Gasteiger partial charge is 0.354 e. The van der Waals surface area contributed by atoms with Crippen molar-refractivity contribution in [3.05, 3.63) is 52.3 Å². The number of guanidine groups is 1. The maximum absolute atomic E-state index is 12.9. The van der Waals surface area contributed by atoms with Gasteiger partial charge in [-0.15, -0.1) is 0 Å². The predicted octanol–water partition coefficient (Wildman–Crippen LogP) is 3.80. The summed E-state index contributed by atoms with van der Waals surface area (Å²) in [6.45, 7) is 10.7. The summed E-state index contributed by atoms with van der Waals surface area (Å²) in [6, 6.07) is 5.33. The molecular formula is C22H33F3N6. The lowest BCUT2D eigenvalue weighted by Gasteiger charge is -2.31. The van der Waals surface area contributed by atoms with Crippen molar-refractivity contribution in [1.29, 1.82) is 0 Å². The minimum atomic E-state index is -4.34. The highest BCUT2D eigenvalue weighted by molar-refractivity contribution is 5.79. The third kappa shape index (κ3) is 6.22. The predicted molar refractivity (Wildman–Crippen MR) is 118 cm³/mol. The van der Waals surface area contributed by atoms with Gasteiger partial charge in [-0.3, -0.25) is 14.6 Å². The van der Waals surface area contributed by atoms with Crippen LogP contribution in [0.15, 0.2) is 29.3 Å². The van der Waals surface area contributed by atoms with Crippen LogP contribution in [0.1, 0.15) is 48.0 Å². The standard InChI is InChI=1S/C22H33F3N6/c1-7-31(8-2)20(17-9-11-18(12-10-17)22(23,24)25)14-28-21(26-5)27-13-19-15(3)29-30(6)16(19)4/h9-12,20H,7-8,13-14H2,1-6H3,(H2,26,27,28). The second-order valence-electron chi connectivity index (χ2n) is 7.44. The minimum Gasteiger partial charge on any atom is -0.354 e. The van der Waals surface area contributed by atoms with Crippen molar-refractivity contribution in [2.75, 3.05) is 26.7 Å². The molecule has 31 heavy (non-hydrogen) atoms. The van der Waals surface area contributed by atoms with Gasteiger partial charge in [-0.1, -0.05) is 26.0 Å². The van der Waals surface area contributed by atoms with E-state index >= 15 is 0 Å². The fraction of sp³-hybridized carbons (Fsp3) is 0.545. The van der Waals surface area contributed by atoms with Crippen molar-refractivity contribution in [3.63, 3.8) is 0 Å². The van der Waals surface area contributed by atoms with Gasteiger partial charge in [-0.05, 0) is 44.6 Å². The Bertz CT molecular complexity index is 867. The highest BCUT2D eigenvalue weighted by atomic mass is 19.4. The largest absolute Gasteiger partial charge is 0.416 e. The van der Waals surface area contributed by atoms with Crippen LogP contribution in [0.2, 0.25) is 0 Å². The Morgan fingerprint density at radius 1 is 1.13 bits per heavy atom. The quantitative estimate of drug-likeness (QED) is 0.486. The van der Waals surface area contributed by atoms with Crippen molar-refractivity contribution in [3.8, 4) is 0 Å². The van der Waals surface area contributed by atoms with E-state index in [1.54, 1.807) is 19.2 Å². The number of aliphatic imine (C=N–C) groups is 1. The Hall–Kier alpha value is -2.55. The van der Waals surface area contributed by atoms with Crippen LogP contribution in [-0.2, 0) is 19.8 Å². The van der Waals surface area contributed by atoms with Gasteiger partial charge in [0.05, 0.1) is 17.3 Å². The number of nitrogens with zero attached hydrogens (tertiary/aromatic N) is 4. The van der Waals surface area contributed by atoms with Gasteiger partial charge in [0.2, 0.25) is 0 Å². The molecule has 9 heteroatoms. The highest BCUT2D eigenvalue weighted by Gasteiger charge is 2.30. The van der Waals surface area contributed by atoms with Crippen LogP contribution in [0, 0.1) is 13.8 Å². The fourth-order valence-electron chi connectivity index (χ4n) is 3.68. The molecule has 172 valence electrons. The summed E-state index contributed by atoms with van der Waals surface area (Å²) in [6.07, 6.45) is -4.34. The maximum Gasteiger partial charge on any atom is 0.416 e. The first-order valence-corrected chi connectivity index (χ1v) is 10.5. The number of rotatable bonds is 8. The molecule has 0 aliphatic carbocycles. The van der Waals surface area contributed by atoms with Crippen LogP contribution < -0.4 is 10.6 Å². The zero-order valence-corrected chi connectivity index (χ0v) is 19.1. The van der Waals surface area contributed by atoms with Gasteiger partial charge in [-0.25, -0.2) is 0 Å². The number of aromatic nitrogens is 2. The van der Waals surface area contributed by atoms with Crippen molar-refractivity contribution in [1.82, 2.24) is 25.3 Å². The number of nitrogens with one attached hydrogen (secondary N) is 2. The average Bonchev–Trinajstić information content (AvgIpc) is 2.98. The maximum atomic E-state index is 12.9. The van der Waals surface area contributed by atoms with E-state index in [-0.39, 0.29) is 6.04 Å². The first kappa shape index (κ1) is 24.7. The van der Waals surface area contributed by atoms with E-state index in [0.29, 0.717) is 19.0 Å². The topological polar surface area (TPSA) is 57.5 Å². The molecule has 2 N–H and O–H groups in total. The summed E-state index contributed by atoms with van der Waals surface area (Å²) in [5.74, 6) is 0.631. The van der Waals surface area contributed by atoms with Crippen LogP contribution in [-0.4, -0.2) is 47.3 Å². The fourth-order valence-corrected chi connectivity index (χ4v) is 3.68. The normalized spacial score (nSPS) is 13.5. The van der Waals surface area contributed by atoms with Crippen molar-refractivity contribution < 1.29 is 13.2 Å². The molecule has 0 radical (unpaired) electrons. The van der Waals surface area contributed by atoms with Crippen LogP contribution in [0.25, 0.3) is 0 Å². The number of likely N-dealkylation sites (N-methyl/N-ethyl adjacent to an activating group) is 1. The molecule has 0 aliphatic heterocycles. The van der Waals surface area contributed by atoms with Gasteiger partial charge in [0.25, 0.3) is 0 Å². The molecule has 0 saturated carbocycles. The van der Waals surface area contributed by atoms with E-state index in [4.69, 9.17) is 0 Å². The van der Waals surface area contributed by atoms with Gasteiger partial charge in [0.1, 0.15) is 0 Å². The van der Waals surface area contributed by atoms with E-state index in [1.165, 1.54) is 0 Å². The first-order chi connectivity index (χ1) is 14.6. The number of hydrogen-bond donors (Lipinski definition) is 2. The molecule has 0 amide bonds. The number of alkyl halides is 3. The molecule has 0 bridgehead atoms. The Kier molecular flexibility index (Phi) is 8.50. The van der Waals surface area contributed by atoms with Gasteiger partial charge in [0.15, 0.2) is 5.96 Å². The number of aryl methyl sites for hydroxylation is 2. The Labute approximate surface area is 182 Å². The van der Waals surface area contributed by atoms with E-state index in [2.05, 4.69) is 25.6 Å². The second-order valence-corrected chi connectivity index (χ2v) is 7.44. The van der Waals surface area contributed by atoms with Gasteiger partial charge in [-0.2, -0.15) is 18.3 Å². The molecule has 0 spiro atoms. The highest BCUT2D eigenvalue weighted by Crippen LogP contribution is 2.30. The molecule has 2 aromatic rings. The van der Waals surface area contributed by atoms with E-state index in [1.807, 2.05) is 39.4 Å². The number of halogens is 3. The summed E-state index contributed by atoms with van der Waals surface area (Å²) < 4.78 is 40.7. The zero-order chi connectivity index (χ0) is 23.2. The molecule has 1 atom stereocenters. The Balaban J connectivity index is 2.11. The van der Waals surface area contributed by atoms with Gasteiger partial charge in [0, 0.05) is 38.4 Å². The molecule has 0 fully saturated rings. The molecule has 1 unspecified atom stereocenters. The number of benzene rings is 1. The molecule has 0 saturated heterocycles. The summed E-state index contributed by atoms with van der Waals surface area (Å²) in [7, 11) is 3.61. The monoisotopic (exact) mass is 438 g/mol. The second kappa shape index (κ2) is 10.7. The van der Waals surface area contributed by atoms with Crippen LogP contribution in [0.4, 0.5) is 13.2 Å². The zero-order valence-electron chi connectivity index (χ0n) is 19.1. The number of hydrogen-bond acceptors (Lipinski definition) is 3. The minimum absolute atomic E-state index is 0.0855. The molecule has 0 aliphatic rings. The van der Waals surface area contributed by atoms with Crippen LogP contribution in [0.5, 0.6) is 0 Å². The average molecular weight is 439 g/mol. The lowest BCUT2D eigenvalue weighted by Crippen LogP contribution is -2.43. The summed E-state index contributed by atoms with van der Waals surface area (Å²) in [5, 5.41) is 11.1. The first-order valence-electron chi connectivity index (χ1n) is 10.5. The van der Waals surface area contributed by atoms with Crippen molar-refractivity contribution >= 4 is 5.96 Å². The molecule has 1 aromatic heterocycles. The molecular weight excluding hydrogens is 405 g/mol. The van der Waals surface area contributed by atoms with Crippen molar-refractivity contribution in [2.45, 2.75) is 46.5 Å². The lowest BCUT2D eigenvalue weighted by atomic mass is 10.0. The van der Waals surface area contributed by atoms with Crippen LogP contribution in [0.3, 0.4) is 0 Å². The molecule has 6 nitrogen and oxygen atoms in total. The Morgan fingerprint density at radius 2 is 1.74 bits per heavy atom. The Morgan fingerprint density at radius 3 is 2.19 bits per heavy atom.